The van der Waals surface area contributed by atoms with Crippen molar-refractivity contribution in [3.8, 4) is 0 Å². The van der Waals surface area contributed by atoms with Crippen molar-refractivity contribution < 1.29 is 14.0 Å². The molecule has 1 aliphatic rings. The fourth-order valence-electron chi connectivity index (χ4n) is 2.78. The predicted molar refractivity (Wildman–Crippen MR) is 92.1 cm³/mol. The SMILES string of the molecule is Cc1cc(F)ccc1NC(=O)c1ccc(Cl)cc1N1CCCC1=O. The van der Waals surface area contributed by atoms with Gasteiger partial charge in [0.1, 0.15) is 5.82 Å². The van der Waals surface area contributed by atoms with Crippen LogP contribution in [0.15, 0.2) is 36.4 Å². The number of benzene rings is 2. The number of carbonyl (C=O) groups is 2. The molecule has 1 fully saturated rings. The second-order valence-electron chi connectivity index (χ2n) is 5.72. The zero-order chi connectivity index (χ0) is 17.3. The van der Waals surface area contributed by atoms with Crippen LogP contribution in [-0.4, -0.2) is 18.4 Å². The van der Waals surface area contributed by atoms with Crippen LogP contribution < -0.4 is 10.2 Å². The normalized spacial score (nSPS) is 14.1. The molecule has 6 heteroatoms. The molecule has 24 heavy (non-hydrogen) atoms. The lowest BCUT2D eigenvalue weighted by molar-refractivity contribution is -0.117. The van der Waals surface area contributed by atoms with E-state index in [0.717, 1.165) is 6.42 Å². The average molecular weight is 347 g/mol. The molecule has 2 aromatic rings. The molecule has 1 heterocycles. The fraction of sp³-hybridized carbons (Fsp3) is 0.222. The van der Waals surface area contributed by atoms with Crippen molar-refractivity contribution in [1.29, 1.82) is 0 Å². The molecule has 3 rings (SSSR count). The number of hydrogen-bond donors (Lipinski definition) is 1. The van der Waals surface area contributed by atoms with Gasteiger partial charge in [-0.1, -0.05) is 11.6 Å². The first-order valence-corrected chi connectivity index (χ1v) is 8.01. The van der Waals surface area contributed by atoms with Gasteiger partial charge < -0.3 is 10.2 Å². The summed E-state index contributed by atoms with van der Waals surface area (Å²) in [6.45, 7) is 2.28. The lowest BCUT2D eigenvalue weighted by Crippen LogP contribution is -2.27. The number of halogens is 2. The zero-order valence-corrected chi connectivity index (χ0v) is 13.9. The van der Waals surface area contributed by atoms with Crippen LogP contribution in [0.25, 0.3) is 0 Å². The summed E-state index contributed by atoms with van der Waals surface area (Å²) in [7, 11) is 0. The molecule has 0 unspecified atom stereocenters. The van der Waals surface area contributed by atoms with Gasteiger partial charge >= 0.3 is 0 Å². The maximum Gasteiger partial charge on any atom is 0.257 e. The van der Waals surface area contributed by atoms with E-state index in [1.165, 1.54) is 18.2 Å². The summed E-state index contributed by atoms with van der Waals surface area (Å²) >= 11 is 6.04. The number of amides is 2. The van der Waals surface area contributed by atoms with Gasteiger partial charge in [-0.05, 0) is 55.3 Å². The molecule has 0 radical (unpaired) electrons. The van der Waals surface area contributed by atoms with E-state index in [4.69, 9.17) is 11.6 Å². The fourth-order valence-corrected chi connectivity index (χ4v) is 2.95. The zero-order valence-electron chi connectivity index (χ0n) is 13.1. The van der Waals surface area contributed by atoms with Gasteiger partial charge in [-0.15, -0.1) is 0 Å². The number of nitrogens with one attached hydrogen (secondary N) is 1. The van der Waals surface area contributed by atoms with Gasteiger partial charge in [0.25, 0.3) is 5.91 Å². The van der Waals surface area contributed by atoms with Crippen molar-refractivity contribution >= 4 is 34.8 Å². The summed E-state index contributed by atoms with van der Waals surface area (Å²) in [4.78, 5) is 26.3. The summed E-state index contributed by atoms with van der Waals surface area (Å²) < 4.78 is 13.2. The van der Waals surface area contributed by atoms with Crippen LogP contribution in [0.3, 0.4) is 0 Å². The van der Waals surface area contributed by atoms with Crippen molar-refractivity contribution in [2.45, 2.75) is 19.8 Å². The Morgan fingerprint density at radius 1 is 1.25 bits per heavy atom. The van der Waals surface area contributed by atoms with Crippen LogP contribution in [0.4, 0.5) is 15.8 Å². The monoisotopic (exact) mass is 346 g/mol. The number of hydrogen-bond acceptors (Lipinski definition) is 2. The molecule has 1 aliphatic heterocycles. The molecule has 0 atom stereocenters. The number of nitrogens with zero attached hydrogens (tertiary/aromatic N) is 1. The van der Waals surface area contributed by atoms with E-state index >= 15 is 0 Å². The standard InChI is InChI=1S/C18H16ClFN2O2/c1-11-9-13(20)5-7-15(11)21-18(24)14-6-4-12(19)10-16(14)22-8-2-3-17(22)23/h4-7,9-10H,2-3,8H2,1H3,(H,21,24). The van der Waals surface area contributed by atoms with E-state index < -0.39 is 0 Å². The van der Waals surface area contributed by atoms with E-state index in [1.54, 1.807) is 30.0 Å². The molecule has 0 spiro atoms. The summed E-state index contributed by atoms with van der Waals surface area (Å²) in [6.07, 6.45) is 1.22. The topological polar surface area (TPSA) is 49.4 Å². The Balaban J connectivity index is 1.93. The van der Waals surface area contributed by atoms with Crippen LogP contribution >= 0.6 is 11.6 Å². The van der Waals surface area contributed by atoms with Crippen molar-refractivity contribution in [3.05, 3.63) is 58.4 Å². The summed E-state index contributed by atoms with van der Waals surface area (Å²) in [5.74, 6) is -0.749. The maximum absolute atomic E-state index is 13.2. The van der Waals surface area contributed by atoms with Crippen molar-refractivity contribution in [1.82, 2.24) is 0 Å². The third-order valence-corrected chi connectivity index (χ3v) is 4.24. The minimum Gasteiger partial charge on any atom is -0.322 e. The van der Waals surface area contributed by atoms with Gasteiger partial charge in [0.05, 0.1) is 11.3 Å². The number of anilines is 2. The number of aryl methyl sites for hydroxylation is 1. The Hall–Kier alpha value is -2.40. The second-order valence-corrected chi connectivity index (χ2v) is 6.16. The Kier molecular flexibility index (Phi) is 4.53. The van der Waals surface area contributed by atoms with Gasteiger partial charge in [-0.3, -0.25) is 9.59 Å². The predicted octanol–water partition coefficient (Wildman–Crippen LogP) is 4.17. The molecule has 0 aliphatic carbocycles. The number of rotatable bonds is 3. The first-order valence-electron chi connectivity index (χ1n) is 7.63. The van der Waals surface area contributed by atoms with Gasteiger partial charge in [-0.2, -0.15) is 0 Å². The van der Waals surface area contributed by atoms with Crippen LogP contribution in [0, 0.1) is 12.7 Å². The van der Waals surface area contributed by atoms with E-state index in [0.29, 0.717) is 40.5 Å². The third kappa shape index (κ3) is 3.26. The lowest BCUT2D eigenvalue weighted by Gasteiger charge is -2.20. The van der Waals surface area contributed by atoms with E-state index in [-0.39, 0.29) is 17.6 Å². The first-order chi connectivity index (χ1) is 11.5. The summed E-state index contributed by atoms with van der Waals surface area (Å²) in [5.41, 5.74) is 2.01. The Labute approximate surface area is 144 Å². The van der Waals surface area contributed by atoms with Crippen LogP contribution in [0.5, 0.6) is 0 Å². The van der Waals surface area contributed by atoms with Crippen LogP contribution in [-0.2, 0) is 4.79 Å². The molecule has 0 aromatic heterocycles. The second kappa shape index (κ2) is 6.61. The van der Waals surface area contributed by atoms with E-state index in [2.05, 4.69) is 5.32 Å². The van der Waals surface area contributed by atoms with Crippen molar-refractivity contribution in [2.24, 2.45) is 0 Å². The average Bonchev–Trinajstić information content (AvgIpc) is 2.96. The van der Waals surface area contributed by atoms with Gasteiger partial charge in [0.15, 0.2) is 0 Å². The highest BCUT2D eigenvalue weighted by Crippen LogP contribution is 2.29. The largest absolute Gasteiger partial charge is 0.322 e. The highest BCUT2D eigenvalue weighted by molar-refractivity contribution is 6.31. The molecule has 1 N–H and O–H groups in total. The molecule has 124 valence electrons. The minimum atomic E-state index is -0.365. The molecule has 1 saturated heterocycles. The van der Waals surface area contributed by atoms with Gasteiger partial charge in [0, 0.05) is 23.7 Å². The van der Waals surface area contributed by atoms with Crippen molar-refractivity contribution in [2.75, 3.05) is 16.8 Å². The minimum absolute atomic E-state index is 0.0238. The molecular weight excluding hydrogens is 331 g/mol. The third-order valence-electron chi connectivity index (χ3n) is 4.01. The van der Waals surface area contributed by atoms with E-state index in [1.807, 2.05) is 0 Å². The molecule has 2 amide bonds. The summed E-state index contributed by atoms with van der Waals surface area (Å²) in [6, 6.07) is 8.98. The Morgan fingerprint density at radius 2 is 2.04 bits per heavy atom. The van der Waals surface area contributed by atoms with Crippen molar-refractivity contribution in [3.63, 3.8) is 0 Å². The van der Waals surface area contributed by atoms with Crippen LogP contribution in [0.2, 0.25) is 5.02 Å². The van der Waals surface area contributed by atoms with Gasteiger partial charge in [0.2, 0.25) is 5.91 Å². The Morgan fingerprint density at radius 3 is 2.71 bits per heavy atom. The maximum atomic E-state index is 13.2. The molecule has 0 bridgehead atoms. The quantitative estimate of drug-likeness (QED) is 0.907. The molecule has 0 saturated carbocycles. The van der Waals surface area contributed by atoms with Gasteiger partial charge in [-0.25, -0.2) is 4.39 Å². The van der Waals surface area contributed by atoms with Crippen LogP contribution in [0.1, 0.15) is 28.8 Å². The smallest absolute Gasteiger partial charge is 0.257 e. The number of carbonyl (C=O) groups excluding carboxylic acids is 2. The Bertz CT molecular complexity index is 823. The molecule has 2 aromatic carbocycles. The highest BCUT2D eigenvalue weighted by Gasteiger charge is 2.26. The molecular formula is C18H16ClFN2O2. The first kappa shape index (κ1) is 16.5. The molecule has 4 nitrogen and oxygen atoms in total. The summed E-state index contributed by atoms with van der Waals surface area (Å²) in [5, 5.41) is 3.22. The van der Waals surface area contributed by atoms with E-state index in [9.17, 15) is 14.0 Å². The highest BCUT2D eigenvalue weighted by atomic mass is 35.5. The lowest BCUT2D eigenvalue weighted by atomic mass is 10.1.